The van der Waals surface area contributed by atoms with Crippen LogP contribution in [-0.4, -0.2) is 27.9 Å². The van der Waals surface area contributed by atoms with Gasteiger partial charge in [0.2, 0.25) is 12.4 Å². The fourth-order valence-corrected chi connectivity index (χ4v) is 3.66. The van der Waals surface area contributed by atoms with Gasteiger partial charge < -0.3 is 14.6 Å². The van der Waals surface area contributed by atoms with Crippen molar-refractivity contribution in [2.24, 2.45) is 0 Å². The summed E-state index contributed by atoms with van der Waals surface area (Å²) < 4.78 is 67.5. The average Bonchev–Trinajstić information content (AvgIpc) is 3.38. The van der Waals surface area contributed by atoms with Crippen LogP contribution in [0.25, 0.3) is 16.6 Å². The van der Waals surface area contributed by atoms with Crippen molar-refractivity contribution in [2.45, 2.75) is 11.8 Å². The molecule has 3 aromatic carbocycles. The molecule has 0 bridgehead atoms. The standard InChI is InChI=1S/C22H14F4N2O3/c23-16-3-5-17(6-4-16)28-18-7-1-14(9-13(18)11-27-28)21(29,22(24,25)26)15-2-8-19-20(10-15)31-12-30-19/h1-11,29H,12H2. The second kappa shape index (κ2) is 6.71. The molecule has 5 nitrogen and oxygen atoms in total. The minimum atomic E-state index is -5.01. The third kappa shape index (κ3) is 3.00. The minimum absolute atomic E-state index is 0.0994. The van der Waals surface area contributed by atoms with E-state index in [0.717, 1.165) is 12.1 Å². The van der Waals surface area contributed by atoms with E-state index in [-0.39, 0.29) is 18.1 Å². The fourth-order valence-electron chi connectivity index (χ4n) is 3.66. The van der Waals surface area contributed by atoms with Gasteiger partial charge in [-0.05, 0) is 54.1 Å². The summed E-state index contributed by atoms with van der Waals surface area (Å²) in [6, 6.07) is 13.0. The van der Waals surface area contributed by atoms with Crippen molar-refractivity contribution in [3.05, 3.63) is 83.8 Å². The molecule has 9 heteroatoms. The second-order valence-electron chi connectivity index (χ2n) is 7.08. The molecular formula is C22H14F4N2O3. The lowest BCUT2D eigenvalue weighted by Crippen LogP contribution is -2.43. The monoisotopic (exact) mass is 430 g/mol. The topological polar surface area (TPSA) is 56.5 Å². The van der Waals surface area contributed by atoms with Gasteiger partial charge in [0.05, 0.1) is 17.4 Å². The summed E-state index contributed by atoms with van der Waals surface area (Å²) in [7, 11) is 0. The highest BCUT2D eigenvalue weighted by Crippen LogP contribution is 2.47. The summed E-state index contributed by atoms with van der Waals surface area (Å²) in [5.41, 5.74) is -2.99. The van der Waals surface area contributed by atoms with Gasteiger partial charge in [-0.15, -0.1) is 0 Å². The number of hydrogen-bond donors (Lipinski definition) is 1. The lowest BCUT2D eigenvalue weighted by Gasteiger charge is -2.31. The molecule has 0 radical (unpaired) electrons. The van der Waals surface area contributed by atoms with Crippen LogP contribution in [0.5, 0.6) is 11.5 Å². The third-order valence-electron chi connectivity index (χ3n) is 5.26. The molecule has 2 heterocycles. The minimum Gasteiger partial charge on any atom is -0.454 e. The first-order chi connectivity index (χ1) is 14.8. The fraction of sp³-hybridized carbons (Fsp3) is 0.136. The lowest BCUT2D eigenvalue weighted by molar-refractivity contribution is -0.248. The number of aromatic nitrogens is 2. The molecule has 1 aliphatic rings. The highest BCUT2D eigenvalue weighted by Gasteiger charge is 2.56. The van der Waals surface area contributed by atoms with Crippen LogP contribution >= 0.6 is 0 Å². The molecule has 5 rings (SSSR count). The van der Waals surface area contributed by atoms with Gasteiger partial charge in [-0.3, -0.25) is 0 Å². The highest BCUT2D eigenvalue weighted by atomic mass is 19.4. The van der Waals surface area contributed by atoms with Crippen LogP contribution < -0.4 is 9.47 Å². The molecule has 0 aliphatic carbocycles. The maximum atomic E-state index is 14.2. The van der Waals surface area contributed by atoms with E-state index in [9.17, 15) is 22.7 Å². The molecule has 1 atom stereocenters. The van der Waals surface area contributed by atoms with Crippen molar-refractivity contribution in [1.29, 1.82) is 0 Å². The molecule has 0 spiro atoms. The van der Waals surface area contributed by atoms with Gasteiger partial charge in [0, 0.05) is 10.9 Å². The van der Waals surface area contributed by atoms with Crippen molar-refractivity contribution in [3.8, 4) is 17.2 Å². The Morgan fingerprint density at radius 2 is 1.55 bits per heavy atom. The lowest BCUT2D eigenvalue weighted by atomic mass is 9.85. The number of rotatable bonds is 3. The van der Waals surface area contributed by atoms with Crippen LogP contribution in [0.3, 0.4) is 0 Å². The van der Waals surface area contributed by atoms with Crippen molar-refractivity contribution >= 4 is 10.9 Å². The van der Waals surface area contributed by atoms with Gasteiger partial charge in [-0.25, -0.2) is 9.07 Å². The van der Waals surface area contributed by atoms with Gasteiger partial charge in [0.15, 0.2) is 11.5 Å². The summed E-state index contributed by atoms with van der Waals surface area (Å²) in [5.74, 6) is 0.0242. The van der Waals surface area contributed by atoms with E-state index < -0.39 is 23.2 Å². The third-order valence-corrected chi connectivity index (χ3v) is 5.26. The number of alkyl halides is 3. The first-order valence-corrected chi connectivity index (χ1v) is 9.21. The number of aliphatic hydroxyl groups is 1. The predicted octanol–water partition coefficient (Wildman–Crippen LogP) is 4.69. The molecule has 0 amide bonds. The Labute approximate surface area is 173 Å². The van der Waals surface area contributed by atoms with Crippen LogP contribution in [0, 0.1) is 5.82 Å². The van der Waals surface area contributed by atoms with Crippen LogP contribution in [0.4, 0.5) is 17.6 Å². The Balaban J connectivity index is 1.64. The smallest absolute Gasteiger partial charge is 0.425 e. The number of benzene rings is 3. The summed E-state index contributed by atoms with van der Waals surface area (Å²) >= 11 is 0. The molecule has 1 unspecified atom stereocenters. The van der Waals surface area contributed by atoms with Gasteiger partial charge in [-0.2, -0.15) is 18.3 Å². The molecular weight excluding hydrogens is 416 g/mol. The van der Waals surface area contributed by atoms with Crippen molar-refractivity contribution < 1.29 is 32.1 Å². The average molecular weight is 430 g/mol. The van der Waals surface area contributed by atoms with Crippen molar-refractivity contribution in [2.75, 3.05) is 6.79 Å². The van der Waals surface area contributed by atoms with Gasteiger partial charge in [-0.1, -0.05) is 12.1 Å². The van der Waals surface area contributed by atoms with E-state index in [1.807, 2.05) is 0 Å². The number of halogens is 4. The van der Waals surface area contributed by atoms with Gasteiger partial charge in [0.1, 0.15) is 5.82 Å². The molecule has 31 heavy (non-hydrogen) atoms. The van der Waals surface area contributed by atoms with E-state index >= 15 is 0 Å². The Kier molecular flexibility index (Phi) is 4.19. The van der Waals surface area contributed by atoms with Crippen molar-refractivity contribution in [1.82, 2.24) is 9.78 Å². The maximum Gasteiger partial charge on any atom is 0.425 e. The Hall–Kier alpha value is -3.59. The van der Waals surface area contributed by atoms with E-state index in [2.05, 4.69) is 5.10 Å². The predicted molar refractivity (Wildman–Crippen MR) is 103 cm³/mol. The van der Waals surface area contributed by atoms with Gasteiger partial charge in [0.25, 0.3) is 0 Å². The van der Waals surface area contributed by atoms with Gasteiger partial charge >= 0.3 is 6.18 Å². The molecule has 0 fully saturated rings. The first kappa shape index (κ1) is 19.4. The number of ether oxygens (including phenoxy) is 2. The largest absolute Gasteiger partial charge is 0.454 e. The quantitative estimate of drug-likeness (QED) is 0.479. The molecule has 1 aromatic heterocycles. The van der Waals surface area contributed by atoms with Crippen LogP contribution in [0.1, 0.15) is 11.1 Å². The van der Waals surface area contributed by atoms with Crippen LogP contribution in [0.2, 0.25) is 0 Å². The molecule has 158 valence electrons. The molecule has 0 saturated carbocycles. The molecule has 1 aliphatic heterocycles. The maximum absolute atomic E-state index is 14.2. The zero-order valence-corrected chi connectivity index (χ0v) is 15.7. The zero-order valence-electron chi connectivity index (χ0n) is 15.7. The summed E-state index contributed by atoms with van der Waals surface area (Å²) in [5, 5.41) is 15.5. The van der Waals surface area contributed by atoms with E-state index in [1.54, 1.807) is 0 Å². The summed E-state index contributed by atoms with van der Waals surface area (Å²) in [6.07, 6.45) is -3.63. The zero-order chi connectivity index (χ0) is 21.8. The van der Waals surface area contributed by atoms with Crippen LogP contribution in [-0.2, 0) is 5.60 Å². The molecule has 1 N–H and O–H groups in total. The van der Waals surface area contributed by atoms with Crippen molar-refractivity contribution in [3.63, 3.8) is 0 Å². The van der Waals surface area contributed by atoms with E-state index in [4.69, 9.17) is 9.47 Å². The van der Waals surface area contributed by atoms with Crippen LogP contribution in [0.15, 0.2) is 66.9 Å². The SMILES string of the molecule is OC(c1ccc2c(c1)OCO2)(c1ccc2c(cnn2-c2ccc(F)cc2)c1)C(F)(F)F. The van der Waals surface area contributed by atoms with E-state index in [0.29, 0.717) is 22.3 Å². The number of nitrogens with zero attached hydrogens (tertiary/aromatic N) is 2. The first-order valence-electron chi connectivity index (χ1n) is 9.21. The Bertz CT molecular complexity index is 1280. The highest BCUT2D eigenvalue weighted by molar-refractivity contribution is 5.81. The normalized spacial score (nSPS) is 15.3. The number of fused-ring (bicyclic) bond motifs is 2. The molecule has 0 saturated heterocycles. The second-order valence-corrected chi connectivity index (χ2v) is 7.08. The van der Waals surface area contributed by atoms with E-state index in [1.165, 1.54) is 59.4 Å². The number of hydrogen-bond acceptors (Lipinski definition) is 4. The summed E-state index contributed by atoms with van der Waals surface area (Å²) in [4.78, 5) is 0. The Morgan fingerprint density at radius 3 is 2.29 bits per heavy atom. The summed E-state index contributed by atoms with van der Waals surface area (Å²) in [6.45, 7) is -0.0994. The Morgan fingerprint density at radius 1 is 0.871 bits per heavy atom. The molecule has 4 aromatic rings.